The molecule has 2 aromatic rings. The number of morpholine rings is 1. The van der Waals surface area contributed by atoms with Crippen molar-refractivity contribution in [2.24, 2.45) is 0 Å². The van der Waals surface area contributed by atoms with Crippen molar-refractivity contribution < 1.29 is 19.1 Å². The number of nitrogens with one attached hydrogen (secondary N) is 2. The first-order valence-corrected chi connectivity index (χ1v) is 15.3. The number of thioether (sulfide) groups is 1. The van der Waals surface area contributed by atoms with E-state index in [4.69, 9.17) is 51.1 Å². The van der Waals surface area contributed by atoms with Crippen molar-refractivity contribution >= 4 is 75.9 Å². The van der Waals surface area contributed by atoms with Crippen molar-refractivity contribution in [1.82, 2.24) is 20.4 Å². The number of hydrogen-bond acceptors (Lipinski definition) is 6. The Morgan fingerprint density at radius 1 is 0.950 bits per heavy atom. The third-order valence-corrected chi connectivity index (χ3v) is 9.23. The SMILES string of the molecule is O=C(C[C@H]1S[C@H](c2ccc(Cl)cc2Cl)N(CC(=O)NCCCN2CCOCC2)C1=O)NCc1ccc(Cl)cc1Cl. The largest absolute Gasteiger partial charge is 0.379 e. The highest BCUT2D eigenvalue weighted by Crippen LogP contribution is 2.46. The van der Waals surface area contributed by atoms with E-state index in [1.54, 1.807) is 36.4 Å². The summed E-state index contributed by atoms with van der Waals surface area (Å²) in [5.41, 5.74) is 1.36. The van der Waals surface area contributed by atoms with Gasteiger partial charge in [0, 0.05) is 58.3 Å². The van der Waals surface area contributed by atoms with Crippen LogP contribution in [0.2, 0.25) is 20.1 Å². The Morgan fingerprint density at radius 3 is 2.35 bits per heavy atom. The van der Waals surface area contributed by atoms with Gasteiger partial charge in [0.1, 0.15) is 11.9 Å². The summed E-state index contributed by atoms with van der Waals surface area (Å²) < 4.78 is 5.36. The lowest BCUT2D eigenvalue weighted by Crippen LogP contribution is -2.42. The molecule has 0 bridgehead atoms. The fourth-order valence-electron chi connectivity index (χ4n) is 4.49. The van der Waals surface area contributed by atoms with Crippen LogP contribution in [-0.4, -0.2) is 78.7 Å². The number of amides is 3. The monoisotopic (exact) mass is 646 g/mol. The van der Waals surface area contributed by atoms with Crippen LogP contribution >= 0.6 is 58.2 Å². The zero-order valence-electron chi connectivity index (χ0n) is 21.6. The second-order valence-corrected chi connectivity index (χ2v) is 12.5. The van der Waals surface area contributed by atoms with Crippen LogP contribution in [0.5, 0.6) is 0 Å². The first-order valence-electron chi connectivity index (χ1n) is 12.9. The van der Waals surface area contributed by atoms with Crippen LogP contribution in [0.25, 0.3) is 0 Å². The van der Waals surface area contributed by atoms with Crippen LogP contribution in [0, 0.1) is 0 Å². The zero-order valence-corrected chi connectivity index (χ0v) is 25.5. The molecule has 0 unspecified atom stereocenters. The lowest BCUT2D eigenvalue weighted by atomic mass is 10.1. The van der Waals surface area contributed by atoms with Gasteiger partial charge >= 0.3 is 0 Å². The highest BCUT2D eigenvalue weighted by atomic mass is 35.5. The maximum Gasteiger partial charge on any atom is 0.239 e. The topological polar surface area (TPSA) is 91.0 Å². The second-order valence-electron chi connectivity index (χ2n) is 9.48. The molecule has 0 saturated carbocycles. The molecule has 216 valence electrons. The Hall–Kier alpha value is -1.72. The number of carbonyl (C=O) groups excluding carboxylic acids is 3. The molecule has 2 atom stereocenters. The van der Waals surface area contributed by atoms with Crippen LogP contribution in [0.15, 0.2) is 36.4 Å². The molecule has 0 spiro atoms. The molecule has 2 N–H and O–H groups in total. The van der Waals surface area contributed by atoms with Crippen LogP contribution in [0.4, 0.5) is 0 Å². The first-order chi connectivity index (χ1) is 19.2. The van der Waals surface area contributed by atoms with Gasteiger partial charge in [-0.15, -0.1) is 11.8 Å². The fraction of sp³-hybridized carbons (Fsp3) is 0.444. The average Bonchev–Trinajstić information content (AvgIpc) is 3.21. The van der Waals surface area contributed by atoms with Gasteiger partial charge < -0.3 is 20.3 Å². The molecule has 4 rings (SSSR count). The predicted molar refractivity (Wildman–Crippen MR) is 160 cm³/mol. The Kier molecular flexibility index (Phi) is 11.7. The molecule has 2 saturated heterocycles. The predicted octanol–water partition coefficient (Wildman–Crippen LogP) is 4.79. The molecule has 2 aromatic carbocycles. The average molecular weight is 648 g/mol. The van der Waals surface area contributed by atoms with Gasteiger partial charge in [-0.2, -0.15) is 0 Å². The minimum absolute atomic E-state index is 0.0614. The van der Waals surface area contributed by atoms with Gasteiger partial charge in [-0.1, -0.05) is 58.5 Å². The van der Waals surface area contributed by atoms with Crippen molar-refractivity contribution in [2.75, 3.05) is 45.9 Å². The molecule has 0 aliphatic carbocycles. The molecular weight excluding hydrogens is 618 g/mol. The Bertz CT molecular complexity index is 1230. The molecule has 2 heterocycles. The van der Waals surface area contributed by atoms with E-state index in [-0.39, 0.29) is 37.2 Å². The lowest BCUT2D eigenvalue weighted by molar-refractivity contribution is -0.136. The number of hydrogen-bond donors (Lipinski definition) is 2. The third-order valence-electron chi connectivity index (χ3n) is 6.62. The number of ether oxygens (including phenoxy) is 1. The molecule has 0 radical (unpaired) electrons. The van der Waals surface area contributed by atoms with E-state index in [1.807, 2.05) is 0 Å². The summed E-state index contributed by atoms with van der Waals surface area (Å²) in [4.78, 5) is 42.9. The second kappa shape index (κ2) is 15.0. The van der Waals surface area contributed by atoms with E-state index in [0.717, 1.165) is 39.3 Å². The smallest absolute Gasteiger partial charge is 0.239 e. The van der Waals surface area contributed by atoms with Gasteiger partial charge in [-0.25, -0.2) is 0 Å². The van der Waals surface area contributed by atoms with Crippen molar-refractivity contribution in [3.8, 4) is 0 Å². The number of halogens is 4. The van der Waals surface area contributed by atoms with E-state index in [2.05, 4.69) is 15.5 Å². The van der Waals surface area contributed by atoms with Crippen molar-refractivity contribution in [1.29, 1.82) is 0 Å². The van der Waals surface area contributed by atoms with Gasteiger partial charge in [0.15, 0.2) is 0 Å². The van der Waals surface area contributed by atoms with E-state index in [1.165, 1.54) is 16.7 Å². The van der Waals surface area contributed by atoms with Gasteiger partial charge in [-0.05, 0) is 42.8 Å². The number of carbonyl (C=O) groups is 3. The van der Waals surface area contributed by atoms with Crippen molar-refractivity contribution in [2.45, 2.75) is 30.0 Å². The highest BCUT2D eigenvalue weighted by molar-refractivity contribution is 8.01. The summed E-state index contributed by atoms with van der Waals surface area (Å²) in [5.74, 6) is -0.884. The minimum Gasteiger partial charge on any atom is -0.379 e. The van der Waals surface area contributed by atoms with E-state index in [0.29, 0.717) is 37.8 Å². The maximum atomic E-state index is 13.5. The summed E-state index contributed by atoms with van der Waals surface area (Å²) in [6.45, 7) is 4.64. The lowest BCUT2D eigenvalue weighted by Gasteiger charge is -2.26. The third kappa shape index (κ3) is 8.64. The summed E-state index contributed by atoms with van der Waals surface area (Å²) in [6.07, 6.45) is 0.732. The number of benzene rings is 2. The summed E-state index contributed by atoms with van der Waals surface area (Å²) in [6, 6.07) is 10.1. The molecule has 0 aromatic heterocycles. The summed E-state index contributed by atoms with van der Waals surface area (Å²) >= 11 is 26.0. The van der Waals surface area contributed by atoms with Crippen molar-refractivity contribution in [3.05, 3.63) is 67.6 Å². The number of rotatable bonds is 11. The fourth-order valence-corrected chi connectivity index (χ4v) is 7.03. The zero-order chi connectivity index (χ0) is 28.6. The Morgan fingerprint density at radius 2 is 1.65 bits per heavy atom. The van der Waals surface area contributed by atoms with Gasteiger partial charge in [0.2, 0.25) is 17.7 Å². The van der Waals surface area contributed by atoms with Crippen LogP contribution in [-0.2, 0) is 25.7 Å². The van der Waals surface area contributed by atoms with E-state index >= 15 is 0 Å². The Balaban J connectivity index is 1.37. The molecule has 8 nitrogen and oxygen atoms in total. The standard InChI is InChI=1S/C27H30Cl4N4O4S/c28-18-3-2-17(21(30)12-18)15-33-24(36)14-23-26(38)35(27(40-23)20-5-4-19(29)13-22(20)31)16-25(37)32-6-1-7-34-8-10-39-11-9-34/h2-5,12-13,23,27H,1,6-11,14-16H2,(H,32,37)(H,33,36)/t23-,27-/m1/s1. The molecular formula is C27H30Cl4N4O4S. The van der Waals surface area contributed by atoms with Crippen LogP contribution < -0.4 is 10.6 Å². The van der Waals surface area contributed by atoms with E-state index in [9.17, 15) is 14.4 Å². The minimum atomic E-state index is -0.688. The molecule has 2 aliphatic heterocycles. The number of nitrogens with zero attached hydrogens (tertiary/aromatic N) is 2. The molecule has 2 fully saturated rings. The highest BCUT2D eigenvalue weighted by Gasteiger charge is 2.43. The van der Waals surface area contributed by atoms with Crippen LogP contribution in [0.3, 0.4) is 0 Å². The van der Waals surface area contributed by atoms with Crippen molar-refractivity contribution in [3.63, 3.8) is 0 Å². The quantitative estimate of drug-likeness (QED) is 0.341. The Labute approximate surface area is 258 Å². The van der Waals surface area contributed by atoms with Gasteiger partial charge in [-0.3, -0.25) is 19.3 Å². The van der Waals surface area contributed by atoms with Crippen LogP contribution in [0.1, 0.15) is 29.3 Å². The summed E-state index contributed by atoms with van der Waals surface area (Å²) in [5, 5.41) is 6.29. The molecule has 2 aliphatic rings. The van der Waals surface area contributed by atoms with E-state index < -0.39 is 10.6 Å². The van der Waals surface area contributed by atoms with Gasteiger partial charge in [0.05, 0.1) is 18.5 Å². The first kappa shape index (κ1) is 31.2. The normalized spacial score (nSPS) is 19.6. The summed E-state index contributed by atoms with van der Waals surface area (Å²) in [7, 11) is 0. The van der Waals surface area contributed by atoms with Gasteiger partial charge in [0.25, 0.3) is 0 Å². The molecule has 40 heavy (non-hydrogen) atoms. The maximum absolute atomic E-state index is 13.5. The molecule has 3 amide bonds. The molecule has 13 heteroatoms.